The van der Waals surface area contributed by atoms with Gasteiger partial charge in [-0.2, -0.15) is 0 Å². The van der Waals surface area contributed by atoms with Crippen LogP contribution in [0.5, 0.6) is 0 Å². The van der Waals surface area contributed by atoms with Crippen molar-refractivity contribution in [1.82, 2.24) is 14.9 Å². The average Bonchev–Trinajstić information content (AvgIpc) is 2.91. The van der Waals surface area contributed by atoms with Crippen molar-refractivity contribution in [2.24, 2.45) is 0 Å². The second-order valence-corrected chi connectivity index (χ2v) is 5.72. The molecule has 0 bridgehead atoms. The molecule has 0 saturated carbocycles. The largest absolute Gasteiger partial charge is 0.317 e. The van der Waals surface area contributed by atoms with Crippen molar-refractivity contribution in [3.63, 3.8) is 0 Å². The standard InChI is InChI=1S/C14H15BrFN3/c15-11-1-2-12(16)13(7-11)19-9-18-8-14(19)10-3-5-17-6-4-10/h1-2,7-10,17H,3-6H2. The molecule has 0 spiro atoms. The van der Waals surface area contributed by atoms with Crippen molar-refractivity contribution in [2.45, 2.75) is 18.8 Å². The minimum atomic E-state index is -0.226. The van der Waals surface area contributed by atoms with Crippen LogP contribution in [0.25, 0.3) is 5.69 Å². The Balaban J connectivity index is 2.01. The van der Waals surface area contributed by atoms with E-state index in [0.717, 1.165) is 36.1 Å². The van der Waals surface area contributed by atoms with Gasteiger partial charge in [-0.3, -0.25) is 0 Å². The highest BCUT2D eigenvalue weighted by Crippen LogP contribution is 2.28. The summed E-state index contributed by atoms with van der Waals surface area (Å²) in [7, 11) is 0. The summed E-state index contributed by atoms with van der Waals surface area (Å²) in [5.74, 6) is 0.221. The van der Waals surface area contributed by atoms with Crippen LogP contribution in [0, 0.1) is 5.82 Å². The summed E-state index contributed by atoms with van der Waals surface area (Å²) in [6.45, 7) is 2.02. The lowest BCUT2D eigenvalue weighted by Crippen LogP contribution is -2.27. The normalized spacial score (nSPS) is 16.7. The summed E-state index contributed by atoms with van der Waals surface area (Å²) in [5.41, 5.74) is 1.65. The van der Waals surface area contributed by atoms with Crippen LogP contribution in [0.2, 0.25) is 0 Å². The summed E-state index contributed by atoms with van der Waals surface area (Å²) >= 11 is 3.39. The smallest absolute Gasteiger partial charge is 0.147 e. The fraction of sp³-hybridized carbons (Fsp3) is 0.357. The third-order valence-corrected chi connectivity index (χ3v) is 4.09. The lowest BCUT2D eigenvalue weighted by Gasteiger charge is -2.23. The predicted octanol–water partition coefficient (Wildman–Crippen LogP) is 3.24. The van der Waals surface area contributed by atoms with E-state index in [1.807, 2.05) is 10.8 Å². The van der Waals surface area contributed by atoms with Crippen LogP contribution < -0.4 is 5.32 Å². The van der Waals surface area contributed by atoms with Gasteiger partial charge in [0.1, 0.15) is 5.82 Å². The first-order chi connectivity index (χ1) is 9.25. The Labute approximate surface area is 120 Å². The highest BCUT2D eigenvalue weighted by molar-refractivity contribution is 9.10. The lowest BCUT2D eigenvalue weighted by molar-refractivity contribution is 0.448. The van der Waals surface area contributed by atoms with Crippen LogP contribution in [0.4, 0.5) is 4.39 Å². The van der Waals surface area contributed by atoms with Gasteiger partial charge in [0.25, 0.3) is 0 Å². The zero-order valence-corrected chi connectivity index (χ0v) is 12.0. The molecule has 3 rings (SSSR count). The van der Waals surface area contributed by atoms with Crippen LogP contribution in [0.3, 0.4) is 0 Å². The Hall–Kier alpha value is -1.20. The SMILES string of the molecule is Fc1ccc(Br)cc1-n1cncc1C1CCNCC1. The van der Waals surface area contributed by atoms with Gasteiger partial charge < -0.3 is 9.88 Å². The molecule has 1 N–H and O–H groups in total. The van der Waals surface area contributed by atoms with E-state index in [4.69, 9.17) is 0 Å². The molecule has 1 aliphatic rings. The topological polar surface area (TPSA) is 29.9 Å². The number of hydrogen-bond acceptors (Lipinski definition) is 2. The van der Waals surface area contributed by atoms with E-state index >= 15 is 0 Å². The number of benzene rings is 1. The molecular formula is C14H15BrFN3. The maximum absolute atomic E-state index is 14.0. The first kappa shape index (κ1) is 12.8. The van der Waals surface area contributed by atoms with E-state index in [9.17, 15) is 4.39 Å². The molecule has 1 saturated heterocycles. The fourth-order valence-corrected chi connectivity index (χ4v) is 2.95. The molecule has 1 aromatic heterocycles. The number of nitrogens with zero attached hydrogens (tertiary/aromatic N) is 2. The molecule has 19 heavy (non-hydrogen) atoms. The minimum Gasteiger partial charge on any atom is -0.317 e. The highest BCUT2D eigenvalue weighted by atomic mass is 79.9. The molecule has 1 aliphatic heterocycles. The maximum Gasteiger partial charge on any atom is 0.147 e. The monoisotopic (exact) mass is 323 g/mol. The van der Waals surface area contributed by atoms with Crippen LogP contribution in [0.15, 0.2) is 35.2 Å². The van der Waals surface area contributed by atoms with Crippen molar-refractivity contribution in [1.29, 1.82) is 0 Å². The summed E-state index contributed by atoms with van der Waals surface area (Å²) in [6.07, 6.45) is 5.70. The molecule has 0 aliphatic carbocycles. The fourth-order valence-electron chi connectivity index (χ4n) is 2.60. The zero-order valence-electron chi connectivity index (χ0n) is 10.4. The van der Waals surface area contributed by atoms with Crippen LogP contribution in [-0.2, 0) is 0 Å². The average molecular weight is 324 g/mol. The Morgan fingerprint density at radius 2 is 2.11 bits per heavy atom. The molecule has 100 valence electrons. The molecule has 1 aromatic carbocycles. The summed E-state index contributed by atoms with van der Waals surface area (Å²) < 4.78 is 16.7. The number of halogens is 2. The van der Waals surface area contributed by atoms with E-state index in [2.05, 4.69) is 26.2 Å². The maximum atomic E-state index is 14.0. The van der Waals surface area contributed by atoms with Crippen molar-refractivity contribution < 1.29 is 4.39 Å². The van der Waals surface area contributed by atoms with E-state index in [-0.39, 0.29) is 5.82 Å². The van der Waals surface area contributed by atoms with Gasteiger partial charge >= 0.3 is 0 Å². The first-order valence-electron chi connectivity index (χ1n) is 6.44. The van der Waals surface area contributed by atoms with Gasteiger partial charge in [-0.1, -0.05) is 15.9 Å². The zero-order chi connectivity index (χ0) is 13.2. The Morgan fingerprint density at radius 1 is 1.32 bits per heavy atom. The summed E-state index contributed by atoms with van der Waals surface area (Å²) in [4.78, 5) is 4.21. The number of hydrogen-bond donors (Lipinski definition) is 1. The third-order valence-electron chi connectivity index (χ3n) is 3.59. The van der Waals surface area contributed by atoms with Gasteiger partial charge in [0.2, 0.25) is 0 Å². The second kappa shape index (κ2) is 5.43. The van der Waals surface area contributed by atoms with E-state index in [1.54, 1.807) is 18.5 Å². The third kappa shape index (κ3) is 2.58. The molecule has 3 nitrogen and oxygen atoms in total. The Kier molecular flexibility index (Phi) is 3.66. The highest BCUT2D eigenvalue weighted by Gasteiger charge is 2.20. The van der Waals surface area contributed by atoms with Crippen LogP contribution in [0.1, 0.15) is 24.5 Å². The predicted molar refractivity (Wildman–Crippen MR) is 76.1 cm³/mol. The molecule has 2 aromatic rings. The molecule has 2 heterocycles. The lowest BCUT2D eigenvalue weighted by atomic mass is 9.95. The molecule has 1 fully saturated rings. The van der Waals surface area contributed by atoms with E-state index in [1.165, 1.54) is 6.07 Å². The number of imidazole rings is 1. The van der Waals surface area contributed by atoms with Gasteiger partial charge in [-0.15, -0.1) is 0 Å². The van der Waals surface area contributed by atoms with Crippen molar-refractivity contribution in [3.8, 4) is 5.69 Å². The first-order valence-corrected chi connectivity index (χ1v) is 7.23. The van der Waals surface area contributed by atoms with E-state index in [0.29, 0.717) is 11.6 Å². The van der Waals surface area contributed by atoms with Gasteiger partial charge in [-0.05, 0) is 44.1 Å². The van der Waals surface area contributed by atoms with Gasteiger partial charge in [0.15, 0.2) is 0 Å². The van der Waals surface area contributed by atoms with Crippen LogP contribution in [-0.4, -0.2) is 22.6 Å². The van der Waals surface area contributed by atoms with Crippen LogP contribution >= 0.6 is 15.9 Å². The molecule has 0 radical (unpaired) electrons. The van der Waals surface area contributed by atoms with Crippen molar-refractivity contribution in [3.05, 3.63) is 46.7 Å². The number of rotatable bonds is 2. The molecular weight excluding hydrogens is 309 g/mol. The molecule has 0 atom stereocenters. The summed E-state index contributed by atoms with van der Waals surface area (Å²) in [5, 5.41) is 3.35. The molecule has 0 unspecified atom stereocenters. The van der Waals surface area contributed by atoms with Gasteiger partial charge in [-0.25, -0.2) is 9.37 Å². The van der Waals surface area contributed by atoms with Crippen molar-refractivity contribution >= 4 is 15.9 Å². The van der Waals surface area contributed by atoms with Gasteiger partial charge in [0.05, 0.1) is 12.0 Å². The summed E-state index contributed by atoms with van der Waals surface area (Å²) in [6, 6.07) is 4.98. The Bertz CT molecular complexity index is 576. The number of piperidine rings is 1. The quantitative estimate of drug-likeness (QED) is 0.919. The molecule has 5 heteroatoms. The second-order valence-electron chi connectivity index (χ2n) is 4.81. The molecule has 0 amide bonds. The van der Waals surface area contributed by atoms with Gasteiger partial charge in [0, 0.05) is 22.3 Å². The Morgan fingerprint density at radius 3 is 2.89 bits per heavy atom. The number of aromatic nitrogens is 2. The van der Waals surface area contributed by atoms with Crippen molar-refractivity contribution in [2.75, 3.05) is 13.1 Å². The minimum absolute atomic E-state index is 0.226. The number of nitrogens with one attached hydrogen (secondary N) is 1. The van der Waals surface area contributed by atoms with E-state index < -0.39 is 0 Å².